The van der Waals surface area contributed by atoms with Crippen molar-refractivity contribution < 1.29 is 4.74 Å². The van der Waals surface area contributed by atoms with Gasteiger partial charge >= 0.3 is 0 Å². The monoisotopic (exact) mass is 249 g/mol. The number of aryl methyl sites for hydroxylation is 1. The van der Waals surface area contributed by atoms with E-state index in [0.29, 0.717) is 0 Å². The molecule has 1 rings (SSSR count). The van der Waals surface area contributed by atoms with Gasteiger partial charge in [0, 0.05) is 6.54 Å². The van der Waals surface area contributed by atoms with Crippen LogP contribution in [0.25, 0.3) is 0 Å². The standard InChI is InChI=1S/C16H27NO/c1-5-7-8-14-9-11-15(12-10-14)18-16(3,6-2)13-17-4/h9-12,17H,5-8,13H2,1-4H3. The topological polar surface area (TPSA) is 21.3 Å². The first-order chi connectivity index (χ1) is 8.63. The third kappa shape index (κ3) is 4.69. The molecule has 0 amide bonds. The number of ether oxygens (including phenoxy) is 1. The van der Waals surface area contributed by atoms with Gasteiger partial charge in [-0.25, -0.2) is 0 Å². The maximum absolute atomic E-state index is 6.09. The van der Waals surface area contributed by atoms with Crippen molar-refractivity contribution in [3.05, 3.63) is 29.8 Å². The van der Waals surface area contributed by atoms with Crippen LogP contribution < -0.4 is 10.1 Å². The molecule has 0 spiro atoms. The second-order valence-electron chi connectivity index (χ2n) is 5.18. The van der Waals surface area contributed by atoms with Gasteiger partial charge in [0.2, 0.25) is 0 Å². The van der Waals surface area contributed by atoms with E-state index in [-0.39, 0.29) is 5.60 Å². The quantitative estimate of drug-likeness (QED) is 0.756. The van der Waals surface area contributed by atoms with E-state index >= 15 is 0 Å². The number of rotatable bonds is 8. The van der Waals surface area contributed by atoms with Crippen molar-refractivity contribution >= 4 is 0 Å². The van der Waals surface area contributed by atoms with E-state index in [1.165, 1.54) is 24.8 Å². The van der Waals surface area contributed by atoms with Crippen molar-refractivity contribution in [2.45, 2.75) is 52.1 Å². The zero-order chi connectivity index (χ0) is 13.4. The van der Waals surface area contributed by atoms with Crippen LogP contribution in [-0.4, -0.2) is 19.2 Å². The van der Waals surface area contributed by atoms with E-state index in [1.807, 2.05) is 7.05 Å². The number of hydrogen-bond acceptors (Lipinski definition) is 2. The van der Waals surface area contributed by atoms with Crippen LogP contribution in [0.3, 0.4) is 0 Å². The lowest BCUT2D eigenvalue weighted by molar-refractivity contribution is 0.0858. The van der Waals surface area contributed by atoms with Crippen molar-refractivity contribution in [1.82, 2.24) is 5.32 Å². The highest BCUT2D eigenvalue weighted by Gasteiger charge is 2.22. The van der Waals surface area contributed by atoms with Gasteiger partial charge in [-0.05, 0) is 50.9 Å². The molecular formula is C16H27NO. The first-order valence-electron chi connectivity index (χ1n) is 7.06. The molecule has 0 bridgehead atoms. The second-order valence-corrected chi connectivity index (χ2v) is 5.18. The van der Waals surface area contributed by atoms with Crippen LogP contribution in [-0.2, 0) is 6.42 Å². The Bertz CT molecular complexity index is 333. The molecule has 1 unspecified atom stereocenters. The molecule has 1 N–H and O–H groups in total. The van der Waals surface area contributed by atoms with Gasteiger partial charge < -0.3 is 10.1 Å². The van der Waals surface area contributed by atoms with Gasteiger partial charge in [-0.3, -0.25) is 0 Å². The van der Waals surface area contributed by atoms with Crippen LogP contribution in [0, 0.1) is 0 Å². The van der Waals surface area contributed by atoms with Crippen molar-refractivity contribution in [3.63, 3.8) is 0 Å². The first kappa shape index (κ1) is 15.0. The summed E-state index contributed by atoms with van der Waals surface area (Å²) in [6, 6.07) is 8.55. The zero-order valence-electron chi connectivity index (χ0n) is 12.3. The van der Waals surface area contributed by atoms with Crippen molar-refractivity contribution in [3.8, 4) is 5.75 Å². The van der Waals surface area contributed by atoms with E-state index in [4.69, 9.17) is 4.74 Å². The number of unbranched alkanes of at least 4 members (excludes halogenated alkanes) is 1. The van der Waals surface area contributed by atoms with Crippen LogP contribution in [0.15, 0.2) is 24.3 Å². The molecule has 0 aromatic heterocycles. The Morgan fingerprint density at radius 1 is 1.17 bits per heavy atom. The van der Waals surface area contributed by atoms with Crippen molar-refractivity contribution in [2.24, 2.45) is 0 Å². The predicted molar refractivity (Wildman–Crippen MR) is 78.3 cm³/mol. The Hall–Kier alpha value is -1.02. The molecule has 0 heterocycles. The fraction of sp³-hybridized carbons (Fsp3) is 0.625. The Morgan fingerprint density at radius 2 is 1.83 bits per heavy atom. The van der Waals surface area contributed by atoms with E-state index in [0.717, 1.165) is 18.7 Å². The fourth-order valence-corrected chi connectivity index (χ4v) is 2.00. The molecule has 0 aliphatic carbocycles. The Morgan fingerprint density at radius 3 is 2.33 bits per heavy atom. The number of likely N-dealkylation sites (N-methyl/N-ethyl adjacent to an activating group) is 1. The summed E-state index contributed by atoms with van der Waals surface area (Å²) in [4.78, 5) is 0. The molecule has 1 aromatic rings. The van der Waals surface area contributed by atoms with Crippen molar-refractivity contribution in [2.75, 3.05) is 13.6 Å². The summed E-state index contributed by atoms with van der Waals surface area (Å²) in [5.41, 5.74) is 1.27. The minimum absolute atomic E-state index is 0.125. The summed E-state index contributed by atoms with van der Waals surface area (Å²) in [5, 5.41) is 3.19. The smallest absolute Gasteiger partial charge is 0.120 e. The molecule has 2 heteroatoms. The predicted octanol–water partition coefficient (Wildman–Crippen LogP) is 3.80. The average Bonchev–Trinajstić information content (AvgIpc) is 2.38. The molecule has 2 nitrogen and oxygen atoms in total. The SMILES string of the molecule is CCCCc1ccc(OC(C)(CC)CNC)cc1. The van der Waals surface area contributed by atoms with E-state index in [1.54, 1.807) is 0 Å². The lowest BCUT2D eigenvalue weighted by Gasteiger charge is -2.29. The third-order valence-corrected chi connectivity index (χ3v) is 3.41. The number of nitrogens with one attached hydrogen (secondary N) is 1. The van der Waals surface area contributed by atoms with Crippen LogP contribution in [0.4, 0.5) is 0 Å². The number of benzene rings is 1. The van der Waals surface area contributed by atoms with E-state index in [2.05, 4.69) is 50.4 Å². The molecule has 0 saturated carbocycles. The van der Waals surface area contributed by atoms with Gasteiger partial charge in [0.05, 0.1) is 0 Å². The molecule has 0 aliphatic heterocycles. The molecule has 0 radical (unpaired) electrons. The highest BCUT2D eigenvalue weighted by atomic mass is 16.5. The summed E-state index contributed by atoms with van der Waals surface area (Å²) >= 11 is 0. The molecule has 1 aromatic carbocycles. The van der Waals surface area contributed by atoms with Gasteiger partial charge in [0.1, 0.15) is 11.4 Å². The van der Waals surface area contributed by atoms with Gasteiger partial charge in [-0.1, -0.05) is 32.4 Å². The molecule has 0 fully saturated rings. The zero-order valence-corrected chi connectivity index (χ0v) is 12.3. The van der Waals surface area contributed by atoms with Crippen LogP contribution in [0.5, 0.6) is 5.75 Å². The van der Waals surface area contributed by atoms with E-state index in [9.17, 15) is 0 Å². The lowest BCUT2D eigenvalue weighted by atomic mass is 10.0. The summed E-state index contributed by atoms with van der Waals surface area (Å²) in [5.74, 6) is 0.967. The highest BCUT2D eigenvalue weighted by molar-refractivity contribution is 5.28. The normalized spacial score (nSPS) is 14.2. The Labute approximate surface area is 112 Å². The van der Waals surface area contributed by atoms with Gasteiger partial charge in [0.15, 0.2) is 0 Å². The highest BCUT2D eigenvalue weighted by Crippen LogP contribution is 2.21. The molecule has 0 saturated heterocycles. The first-order valence-corrected chi connectivity index (χ1v) is 7.06. The van der Waals surface area contributed by atoms with Crippen LogP contribution >= 0.6 is 0 Å². The summed E-state index contributed by atoms with van der Waals surface area (Å²) in [6.07, 6.45) is 4.66. The van der Waals surface area contributed by atoms with Gasteiger partial charge in [-0.15, -0.1) is 0 Å². The van der Waals surface area contributed by atoms with Gasteiger partial charge in [-0.2, -0.15) is 0 Å². The minimum atomic E-state index is -0.125. The summed E-state index contributed by atoms with van der Waals surface area (Å²) < 4.78 is 6.09. The Balaban J connectivity index is 2.61. The minimum Gasteiger partial charge on any atom is -0.486 e. The largest absolute Gasteiger partial charge is 0.486 e. The average molecular weight is 249 g/mol. The van der Waals surface area contributed by atoms with E-state index < -0.39 is 0 Å². The van der Waals surface area contributed by atoms with Crippen LogP contribution in [0.2, 0.25) is 0 Å². The number of hydrogen-bond donors (Lipinski definition) is 1. The lowest BCUT2D eigenvalue weighted by Crippen LogP contribution is -2.41. The maximum atomic E-state index is 6.09. The Kier molecular flexibility index (Phi) is 6.20. The molecular weight excluding hydrogens is 222 g/mol. The van der Waals surface area contributed by atoms with Crippen molar-refractivity contribution in [1.29, 1.82) is 0 Å². The third-order valence-electron chi connectivity index (χ3n) is 3.41. The van der Waals surface area contributed by atoms with Crippen LogP contribution in [0.1, 0.15) is 45.6 Å². The molecule has 102 valence electrons. The molecule has 18 heavy (non-hydrogen) atoms. The molecule has 1 atom stereocenters. The molecule has 0 aliphatic rings. The second kappa shape index (κ2) is 7.42. The summed E-state index contributed by atoms with van der Waals surface area (Å²) in [7, 11) is 1.96. The summed E-state index contributed by atoms with van der Waals surface area (Å²) in [6.45, 7) is 7.39. The maximum Gasteiger partial charge on any atom is 0.120 e. The fourth-order valence-electron chi connectivity index (χ4n) is 2.00. The van der Waals surface area contributed by atoms with Gasteiger partial charge in [0.25, 0.3) is 0 Å².